The molecule has 0 spiro atoms. The van der Waals surface area contributed by atoms with Gasteiger partial charge in [0, 0.05) is 17.1 Å². The van der Waals surface area contributed by atoms with Gasteiger partial charge < -0.3 is 14.8 Å². The Bertz CT molecular complexity index is 599. The van der Waals surface area contributed by atoms with Crippen LogP contribution in [-0.2, 0) is 6.54 Å². The number of methoxy groups -OCH3 is 1. The van der Waals surface area contributed by atoms with Gasteiger partial charge in [-0.15, -0.1) is 0 Å². The van der Waals surface area contributed by atoms with Crippen LogP contribution in [0.3, 0.4) is 0 Å². The Morgan fingerprint density at radius 3 is 2.50 bits per heavy atom. The van der Waals surface area contributed by atoms with Crippen molar-refractivity contribution in [2.75, 3.05) is 14.2 Å². The second-order valence-electron chi connectivity index (χ2n) is 4.54. The van der Waals surface area contributed by atoms with Crippen LogP contribution in [0, 0.1) is 6.92 Å². The van der Waals surface area contributed by atoms with Gasteiger partial charge in [0.25, 0.3) is 0 Å². The van der Waals surface area contributed by atoms with Crippen molar-refractivity contribution in [3.63, 3.8) is 0 Å². The van der Waals surface area contributed by atoms with E-state index in [0.717, 1.165) is 22.6 Å². The maximum Gasteiger partial charge on any atom is 0.169 e. The van der Waals surface area contributed by atoms with E-state index in [-0.39, 0.29) is 0 Å². The first-order chi connectivity index (χ1) is 9.63. The van der Waals surface area contributed by atoms with E-state index in [1.54, 1.807) is 7.11 Å². The predicted molar refractivity (Wildman–Crippen MR) is 82.0 cm³/mol. The van der Waals surface area contributed by atoms with Crippen molar-refractivity contribution < 1.29 is 9.47 Å². The SMILES string of the molecule is CNCc1cc(Cl)ccc1Oc1ccc(C)cc1OC. The Kier molecular flexibility index (Phi) is 4.88. The fourth-order valence-electron chi connectivity index (χ4n) is 1.95. The largest absolute Gasteiger partial charge is 0.493 e. The van der Waals surface area contributed by atoms with Gasteiger partial charge in [-0.3, -0.25) is 0 Å². The Morgan fingerprint density at radius 1 is 1.05 bits per heavy atom. The summed E-state index contributed by atoms with van der Waals surface area (Å²) in [4.78, 5) is 0. The summed E-state index contributed by atoms with van der Waals surface area (Å²) < 4.78 is 11.3. The second kappa shape index (κ2) is 6.64. The number of nitrogens with one attached hydrogen (secondary N) is 1. The maximum atomic E-state index is 6.03. The summed E-state index contributed by atoms with van der Waals surface area (Å²) in [7, 11) is 3.52. The van der Waals surface area contributed by atoms with Crippen LogP contribution in [0.15, 0.2) is 36.4 Å². The van der Waals surface area contributed by atoms with E-state index in [1.807, 2.05) is 50.4 Å². The molecule has 0 aliphatic carbocycles. The van der Waals surface area contributed by atoms with Crippen LogP contribution in [0.25, 0.3) is 0 Å². The molecule has 20 heavy (non-hydrogen) atoms. The number of benzene rings is 2. The van der Waals surface area contributed by atoms with Crippen LogP contribution in [0.5, 0.6) is 17.2 Å². The number of rotatable bonds is 5. The molecule has 0 saturated heterocycles. The first-order valence-electron chi connectivity index (χ1n) is 6.39. The fourth-order valence-corrected chi connectivity index (χ4v) is 2.15. The third-order valence-corrected chi connectivity index (χ3v) is 3.16. The minimum atomic E-state index is 0.685. The topological polar surface area (TPSA) is 30.5 Å². The van der Waals surface area contributed by atoms with E-state index in [2.05, 4.69) is 5.32 Å². The number of hydrogen-bond donors (Lipinski definition) is 1. The molecule has 0 saturated carbocycles. The van der Waals surface area contributed by atoms with Crippen molar-refractivity contribution in [2.24, 2.45) is 0 Å². The van der Waals surface area contributed by atoms with Gasteiger partial charge in [-0.25, -0.2) is 0 Å². The van der Waals surface area contributed by atoms with Crippen LogP contribution >= 0.6 is 11.6 Å². The Morgan fingerprint density at radius 2 is 1.80 bits per heavy atom. The molecule has 1 N–H and O–H groups in total. The zero-order chi connectivity index (χ0) is 14.5. The maximum absolute atomic E-state index is 6.03. The van der Waals surface area contributed by atoms with E-state index >= 15 is 0 Å². The lowest BCUT2D eigenvalue weighted by Crippen LogP contribution is -2.06. The third-order valence-electron chi connectivity index (χ3n) is 2.93. The standard InChI is InChI=1S/C16H18ClNO2/c1-11-4-6-15(16(8-11)19-3)20-14-7-5-13(17)9-12(14)10-18-2/h4-9,18H,10H2,1-3H3. The monoisotopic (exact) mass is 291 g/mol. The molecule has 106 valence electrons. The van der Waals surface area contributed by atoms with Crippen molar-refractivity contribution in [1.29, 1.82) is 0 Å². The highest BCUT2D eigenvalue weighted by Crippen LogP contribution is 2.34. The number of aryl methyl sites for hydroxylation is 1. The molecule has 0 amide bonds. The molecule has 0 aromatic heterocycles. The van der Waals surface area contributed by atoms with Crippen molar-refractivity contribution >= 4 is 11.6 Å². The van der Waals surface area contributed by atoms with Crippen LogP contribution in [0.1, 0.15) is 11.1 Å². The lowest BCUT2D eigenvalue weighted by atomic mass is 10.2. The van der Waals surface area contributed by atoms with Crippen LogP contribution < -0.4 is 14.8 Å². The summed E-state index contributed by atoms with van der Waals surface area (Å²) in [5.74, 6) is 2.18. The number of hydrogen-bond acceptors (Lipinski definition) is 3. The minimum Gasteiger partial charge on any atom is -0.493 e. The highest BCUT2D eigenvalue weighted by molar-refractivity contribution is 6.30. The zero-order valence-electron chi connectivity index (χ0n) is 11.9. The molecule has 2 aromatic rings. The van der Waals surface area contributed by atoms with E-state index in [4.69, 9.17) is 21.1 Å². The molecule has 0 radical (unpaired) electrons. The average molecular weight is 292 g/mol. The van der Waals surface area contributed by atoms with Crippen molar-refractivity contribution in [3.8, 4) is 17.2 Å². The summed E-state index contributed by atoms with van der Waals surface area (Å²) in [6.45, 7) is 2.70. The molecule has 4 heteroatoms. The van der Waals surface area contributed by atoms with Crippen LogP contribution in [-0.4, -0.2) is 14.2 Å². The minimum absolute atomic E-state index is 0.685. The van der Waals surface area contributed by atoms with Crippen LogP contribution in [0.4, 0.5) is 0 Å². The molecule has 3 nitrogen and oxygen atoms in total. The van der Waals surface area contributed by atoms with E-state index < -0.39 is 0 Å². The zero-order valence-corrected chi connectivity index (χ0v) is 12.6. The predicted octanol–water partition coefficient (Wildman–Crippen LogP) is 4.17. The second-order valence-corrected chi connectivity index (χ2v) is 4.98. The molecule has 0 aliphatic heterocycles. The van der Waals surface area contributed by atoms with Crippen molar-refractivity contribution in [1.82, 2.24) is 5.32 Å². The van der Waals surface area contributed by atoms with Gasteiger partial charge in [-0.2, -0.15) is 0 Å². The van der Waals surface area contributed by atoms with E-state index in [0.29, 0.717) is 17.3 Å². The lowest BCUT2D eigenvalue weighted by molar-refractivity contribution is 0.377. The van der Waals surface area contributed by atoms with Crippen molar-refractivity contribution in [3.05, 3.63) is 52.5 Å². The molecule has 0 unspecified atom stereocenters. The smallest absolute Gasteiger partial charge is 0.169 e. The molecular formula is C16H18ClNO2. The summed E-state index contributed by atoms with van der Waals surface area (Å²) in [5.41, 5.74) is 2.13. The third kappa shape index (κ3) is 3.44. The molecule has 0 fully saturated rings. The first-order valence-corrected chi connectivity index (χ1v) is 6.77. The molecule has 0 heterocycles. The van der Waals surface area contributed by atoms with E-state index in [1.165, 1.54) is 0 Å². The Hall–Kier alpha value is -1.71. The Labute approximate surface area is 124 Å². The highest BCUT2D eigenvalue weighted by Gasteiger charge is 2.09. The quantitative estimate of drug-likeness (QED) is 0.897. The first kappa shape index (κ1) is 14.7. The number of ether oxygens (including phenoxy) is 2. The van der Waals surface area contributed by atoms with Gasteiger partial charge in [0.1, 0.15) is 5.75 Å². The summed E-state index contributed by atoms with van der Waals surface area (Å²) in [6.07, 6.45) is 0. The molecule has 2 rings (SSSR count). The number of halogens is 1. The summed E-state index contributed by atoms with van der Waals surface area (Å²) in [6, 6.07) is 11.4. The van der Waals surface area contributed by atoms with Gasteiger partial charge in [0.15, 0.2) is 11.5 Å². The normalized spacial score (nSPS) is 10.4. The molecular weight excluding hydrogens is 274 g/mol. The van der Waals surface area contributed by atoms with Gasteiger partial charge in [-0.05, 0) is 49.9 Å². The Balaban J connectivity index is 2.34. The van der Waals surface area contributed by atoms with Crippen molar-refractivity contribution in [2.45, 2.75) is 13.5 Å². The van der Waals surface area contributed by atoms with Gasteiger partial charge in [0.05, 0.1) is 7.11 Å². The molecule has 0 bridgehead atoms. The van der Waals surface area contributed by atoms with Gasteiger partial charge in [-0.1, -0.05) is 17.7 Å². The summed E-state index contributed by atoms with van der Waals surface area (Å²) in [5, 5.41) is 3.80. The van der Waals surface area contributed by atoms with E-state index in [9.17, 15) is 0 Å². The van der Waals surface area contributed by atoms with Gasteiger partial charge in [0.2, 0.25) is 0 Å². The lowest BCUT2D eigenvalue weighted by Gasteiger charge is -2.14. The van der Waals surface area contributed by atoms with Gasteiger partial charge >= 0.3 is 0 Å². The van der Waals surface area contributed by atoms with Crippen LogP contribution in [0.2, 0.25) is 5.02 Å². The highest BCUT2D eigenvalue weighted by atomic mass is 35.5. The molecule has 0 atom stereocenters. The average Bonchev–Trinajstić information content (AvgIpc) is 2.43. The fraction of sp³-hybridized carbons (Fsp3) is 0.250. The molecule has 2 aromatic carbocycles. The molecule has 0 aliphatic rings. The summed E-state index contributed by atoms with van der Waals surface area (Å²) >= 11 is 6.03.